The molecule has 12 nitrogen and oxygen atoms in total. The Morgan fingerprint density at radius 1 is 1.08 bits per heavy atom. The number of urea groups is 1. The molecule has 2 fully saturated rings. The van der Waals surface area contributed by atoms with Crippen molar-refractivity contribution in [2.24, 2.45) is 11.5 Å². The number of carbonyl (C=O) groups is 2. The van der Waals surface area contributed by atoms with Crippen molar-refractivity contribution in [3.05, 3.63) is 52.6 Å². The summed E-state index contributed by atoms with van der Waals surface area (Å²) in [4.78, 5) is 47.0. The van der Waals surface area contributed by atoms with Crippen LogP contribution < -0.4 is 22.5 Å². The molecule has 2 aromatic rings. The third-order valence-corrected chi connectivity index (χ3v) is 6.78. The molecule has 0 saturated carbocycles. The number of benzene rings is 1. The summed E-state index contributed by atoms with van der Waals surface area (Å²) in [5, 5.41) is 12.7. The number of hydrogen-bond donors (Lipinski definition) is 4. The van der Waals surface area contributed by atoms with Gasteiger partial charge in [0.25, 0.3) is 0 Å². The van der Waals surface area contributed by atoms with E-state index < -0.39 is 17.3 Å². The van der Waals surface area contributed by atoms with Crippen LogP contribution in [0, 0.1) is 0 Å². The van der Waals surface area contributed by atoms with Gasteiger partial charge >= 0.3 is 11.7 Å². The molecular weight excluding hydrogens is 476 g/mol. The highest BCUT2D eigenvalue weighted by atomic mass is 16.3. The molecule has 0 spiro atoms. The number of aliphatic hydroxyl groups excluding tert-OH is 1. The maximum Gasteiger partial charge on any atom is 0.354 e. The number of likely N-dealkylation sites (tertiary alicyclic amines) is 1. The number of amides is 3. The minimum atomic E-state index is -0.954. The molecular formula is C25H36N8O4. The number of hydrogen-bond acceptors (Lipinski definition) is 8. The average Bonchev–Trinajstić information content (AvgIpc) is 2.86. The van der Waals surface area contributed by atoms with Crippen molar-refractivity contribution < 1.29 is 14.7 Å². The van der Waals surface area contributed by atoms with Crippen LogP contribution >= 0.6 is 0 Å². The van der Waals surface area contributed by atoms with E-state index in [1.54, 1.807) is 35.9 Å². The van der Waals surface area contributed by atoms with Gasteiger partial charge in [-0.25, -0.2) is 9.59 Å². The Morgan fingerprint density at radius 3 is 2.32 bits per heavy atom. The van der Waals surface area contributed by atoms with E-state index in [4.69, 9.17) is 11.5 Å². The van der Waals surface area contributed by atoms with Crippen LogP contribution in [0.4, 0.5) is 10.6 Å². The number of aromatic nitrogens is 2. The molecule has 2 aliphatic rings. The van der Waals surface area contributed by atoms with Gasteiger partial charge in [-0.2, -0.15) is 4.98 Å². The molecule has 200 valence electrons. The third kappa shape index (κ3) is 6.52. The summed E-state index contributed by atoms with van der Waals surface area (Å²) in [5.41, 5.74) is 12.0. The number of carbonyl (C=O) groups excluding carboxylic acids is 2. The van der Waals surface area contributed by atoms with Crippen molar-refractivity contribution in [1.29, 1.82) is 0 Å². The predicted molar refractivity (Wildman–Crippen MR) is 139 cm³/mol. The van der Waals surface area contributed by atoms with Gasteiger partial charge in [-0.05, 0) is 44.0 Å². The molecule has 0 aliphatic carbocycles. The first-order chi connectivity index (χ1) is 17.5. The monoisotopic (exact) mass is 512 g/mol. The normalized spacial score (nSPS) is 21.1. The number of anilines is 1. The first-order valence-electron chi connectivity index (χ1n) is 12.5. The van der Waals surface area contributed by atoms with Gasteiger partial charge in [-0.1, -0.05) is 12.1 Å². The number of rotatable bonds is 5. The van der Waals surface area contributed by atoms with E-state index in [1.807, 2.05) is 24.3 Å². The molecule has 37 heavy (non-hydrogen) atoms. The maximum absolute atomic E-state index is 12.7. The average molecular weight is 513 g/mol. The number of piperazine rings is 1. The molecule has 2 aliphatic heterocycles. The number of aliphatic hydroxyl groups is 1. The minimum absolute atomic E-state index is 0.152. The molecule has 1 aromatic carbocycles. The lowest BCUT2D eigenvalue weighted by Crippen LogP contribution is -2.58. The van der Waals surface area contributed by atoms with E-state index in [9.17, 15) is 19.5 Å². The fourth-order valence-electron chi connectivity index (χ4n) is 4.56. The molecule has 0 unspecified atom stereocenters. The summed E-state index contributed by atoms with van der Waals surface area (Å²) in [5.74, 6) is 0.00669. The van der Waals surface area contributed by atoms with Gasteiger partial charge in [0.05, 0.1) is 17.3 Å². The van der Waals surface area contributed by atoms with E-state index in [1.165, 1.54) is 4.57 Å². The second-order valence-electron chi connectivity index (χ2n) is 10.3. The zero-order valence-electron chi connectivity index (χ0n) is 21.3. The Kier molecular flexibility index (Phi) is 7.93. The van der Waals surface area contributed by atoms with Gasteiger partial charge in [0.2, 0.25) is 5.91 Å². The summed E-state index contributed by atoms with van der Waals surface area (Å²) in [6.07, 6.45) is 1.81. The van der Waals surface area contributed by atoms with Crippen molar-refractivity contribution in [2.45, 2.75) is 44.5 Å². The maximum atomic E-state index is 12.7. The summed E-state index contributed by atoms with van der Waals surface area (Å²) in [6.45, 7) is 6.89. The topological polar surface area (TPSA) is 163 Å². The van der Waals surface area contributed by atoms with Gasteiger partial charge in [-0.3, -0.25) is 19.6 Å². The van der Waals surface area contributed by atoms with E-state index in [0.717, 1.165) is 18.5 Å². The van der Waals surface area contributed by atoms with Crippen molar-refractivity contribution >= 4 is 17.8 Å². The zero-order chi connectivity index (χ0) is 26.7. The number of nitrogens with one attached hydrogen (secondary N) is 1. The van der Waals surface area contributed by atoms with Gasteiger partial charge in [0.15, 0.2) is 0 Å². The van der Waals surface area contributed by atoms with Crippen LogP contribution in [0.25, 0.3) is 5.69 Å². The summed E-state index contributed by atoms with van der Waals surface area (Å²) in [6, 6.07) is 8.58. The van der Waals surface area contributed by atoms with Crippen LogP contribution in [-0.4, -0.2) is 98.2 Å². The van der Waals surface area contributed by atoms with Crippen molar-refractivity contribution in [3.8, 4) is 5.69 Å². The second kappa shape index (κ2) is 11.0. The molecule has 3 amide bonds. The summed E-state index contributed by atoms with van der Waals surface area (Å²) >= 11 is 0. The first-order valence-corrected chi connectivity index (χ1v) is 12.5. The van der Waals surface area contributed by atoms with E-state index >= 15 is 0 Å². The fraction of sp³-hybridized carbons (Fsp3) is 0.520. The number of β-amino-alcohol motifs (C(OH)–C–C–N with tert-alkyl or cyclic N) is 1. The third-order valence-electron chi connectivity index (χ3n) is 6.78. The number of nitrogens with two attached hydrogens (primary N) is 2. The van der Waals surface area contributed by atoms with Crippen LogP contribution in [0.3, 0.4) is 0 Å². The van der Waals surface area contributed by atoms with Crippen LogP contribution in [0.15, 0.2) is 41.3 Å². The van der Waals surface area contributed by atoms with Gasteiger partial charge < -0.3 is 26.4 Å². The molecule has 0 bridgehead atoms. The number of nitrogens with zero attached hydrogens (tertiary/aromatic N) is 5. The molecule has 12 heteroatoms. The van der Waals surface area contributed by atoms with Crippen LogP contribution in [-0.2, 0) is 11.3 Å². The van der Waals surface area contributed by atoms with Gasteiger partial charge in [-0.15, -0.1) is 0 Å². The van der Waals surface area contributed by atoms with Crippen molar-refractivity contribution in [2.75, 3.05) is 44.6 Å². The molecule has 3 heterocycles. The Balaban J connectivity index is 1.32. The highest BCUT2D eigenvalue weighted by molar-refractivity contribution is 5.89. The largest absolute Gasteiger partial charge is 0.390 e. The Bertz CT molecular complexity index is 1170. The van der Waals surface area contributed by atoms with Crippen molar-refractivity contribution in [1.82, 2.24) is 24.3 Å². The summed E-state index contributed by atoms with van der Waals surface area (Å²) < 4.78 is 1.40. The number of piperidine rings is 1. The Labute approximate surface area is 215 Å². The van der Waals surface area contributed by atoms with Crippen LogP contribution in [0.1, 0.15) is 25.8 Å². The quantitative estimate of drug-likeness (QED) is 0.418. The fourth-order valence-corrected chi connectivity index (χ4v) is 4.56. The first kappa shape index (κ1) is 26.7. The molecule has 6 N–H and O–H groups in total. The lowest BCUT2D eigenvalue weighted by molar-refractivity contribution is -0.137. The zero-order valence-corrected chi connectivity index (χ0v) is 21.3. The van der Waals surface area contributed by atoms with E-state index in [-0.39, 0.29) is 23.8 Å². The molecule has 0 radical (unpaired) electrons. The van der Waals surface area contributed by atoms with Crippen LogP contribution in [0.5, 0.6) is 0 Å². The minimum Gasteiger partial charge on any atom is -0.390 e. The van der Waals surface area contributed by atoms with E-state index in [2.05, 4.69) is 15.2 Å². The molecule has 2 saturated heterocycles. The highest BCUT2D eigenvalue weighted by Crippen LogP contribution is 2.16. The smallest absolute Gasteiger partial charge is 0.354 e. The lowest BCUT2D eigenvalue weighted by atomic mass is 10.0. The van der Waals surface area contributed by atoms with Gasteiger partial charge in [0.1, 0.15) is 5.82 Å². The summed E-state index contributed by atoms with van der Waals surface area (Å²) in [7, 11) is 0. The molecule has 4 rings (SSSR count). The highest BCUT2D eigenvalue weighted by Gasteiger charge is 2.31. The SMILES string of the molecule is CC(C)(N)C(=O)N1CCN(C(=O)Nc2ccn(-c3ccc(CN4CC[C@@H](N)[C@H](O)C4)cc3)c(=O)n2)CC1. The standard InChI is InChI=1S/C25H36N8O4/c1-25(2,27)22(35)31-11-13-32(14-12-31)23(36)28-21-8-10-33(24(37)29-21)18-5-3-17(4-6-18)15-30-9-7-19(26)20(34)16-30/h3-6,8,10,19-20,34H,7,9,11-16,26-27H2,1-2H3,(H,28,29,36,37)/t19-,20-/m1/s1. The molecule has 2 atom stereocenters. The molecule has 1 aromatic heterocycles. The van der Waals surface area contributed by atoms with Crippen LogP contribution in [0.2, 0.25) is 0 Å². The Hall–Kier alpha value is -3.32. The van der Waals surface area contributed by atoms with E-state index in [0.29, 0.717) is 45.0 Å². The Morgan fingerprint density at radius 2 is 1.73 bits per heavy atom. The van der Waals surface area contributed by atoms with Crippen molar-refractivity contribution in [3.63, 3.8) is 0 Å². The van der Waals surface area contributed by atoms with Gasteiger partial charge in [0, 0.05) is 58.1 Å². The second-order valence-corrected chi connectivity index (χ2v) is 10.3. The predicted octanol–water partition coefficient (Wildman–Crippen LogP) is -0.460. The lowest BCUT2D eigenvalue weighted by Gasteiger charge is -2.37.